The average molecular weight is 191 g/mol. The highest BCUT2D eigenvalue weighted by Crippen LogP contribution is 2.13. The molecule has 1 fully saturated rings. The molecule has 0 aromatic rings. The maximum Gasteiger partial charge on any atom is 0.211 e. The van der Waals surface area contributed by atoms with E-state index in [-0.39, 0.29) is 5.54 Å². The SMILES string of the molecule is CC1(C)CN(S(C)(=O)=O)CC[N]1. The van der Waals surface area contributed by atoms with Crippen LogP contribution in [0.1, 0.15) is 13.8 Å². The third-order valence-corrected chi connectivity index (χ3v) is 3.17. The van der Waals surface area contributed by atoms with Gasteiger partial charge in [-0.2, -0.15) is 4.31 Å². The second-order valence-electron chi connectivity index (χ2n) is 3.79. The van der Waals surface area contributed by atoms with E-state index in [1.807, 2.05) is 13.8 Å². The molecule has 0 N–H and O–H groups in total. The summed E-state index contributed by atoms with van der Waals surface area (Å²) in [4.78, 5) is 0. The van der Waals surface area contributed by atoms with Crippen molar-refractivity contribution in [2.45, 2.75) is 19.4 Å². The first-order chi connectivity index (χ1) is 5.31. The molecule has 0 spiro atoms. The Balaban J connectivity index is 2.71. The zero-order valence-electron chi connectivity index (χ0n) is 7.74. The summed E-state index contributed by atoms with van der Waals surface area (Å²) in [6, 6.07) is 0. The van der Waals surface area contributed by atoms with Gasteiger partial charge in [0, 0.05) is 25.2 Å². The molecule has 0 bridgehead atoms. The van der Waals surface area contributed by atoms with E-state index < -0.39 is 10.0 Å². The summed E-state index contributed by atoms with van der Waals surface area (Å²) in [5.41, 5.74) is -0.221. The second kappa shape index (κ2) is 2.97. The zero-order chi connectivity index (χ0) is 9.41. The van der Waals surface area contributed by atoms with Crippen molar-refractivity contribution < 1.29 is 8.42 Å². The minimum Gasteiger partial charge on any atom is -0.233 e. The molecule has 12 heavy (non-hydrogen) atoms. The van der Waals surface area contributed by atoms with Gasteiger partial charge in [-0.05, 0) is 13.8 Å². The Labute approximate surface area is 74.0 Å². The molecular formula is C7H15N2O2S. The zero-order valence-corrected chi connectivity index (χ0v) is 8.56. The van der Waals surface area contributed by atoms with Gasteiger partial charge in [0.05, 0.1) is 6.26 Å². The Bertz CT molecular complexity index is 259. The van der Waals surface area contributed by atoms with Gasteiger partial charge in [-0.25, -0.2) is 13.7 Å². The lowest BCUT2D eigenvalue weighted by molar-refractivity contribution is 0.229. The highest BCUT2D eigenvalue weighted by atomic mass is 32.2. The van der Waals surface area contributed by atoms with Crippen molar-refractivity contribution in [2.24, 2.45) is 0 Å². The molecule has 4 nitrogen and oxygen atoms in total. The van der Waals surface area contributed by atoms with E-state index in [1.54, 1.807) is 0 Å². The molecule has 71 valence electrons. The Kier molecular flexibility index (Phi) is 2.47. The molecular weight excluding hydrogens is 176 g/mol. The molecule has 0 amide bonds. The van der Waals surface area contributed by atoms with Gasteiger partial charge in [0.1, 0.15) is 0 Å². The highest BCUT2D eigenvalue weighted by molar-refractivity contribution is 7.88. The van der Waals surface area contributed by atoms with Crippen LogP contribution in [0.5, 0.6) is 0 Å². The number of hydrogen-bond acceptors (Lipinski definition) is 2. The first kappa shape index (κ1) is 9.95. The fourth-order valence-electron chi connectivity index (χ4n) is 1.31. The topological polar surface area (TPSA) is 51.5 Å². The van der Waals surface area contributed by atoms with Gasteiger partial charge in [-0.3, -0.25) is 0 Å². The lowest BCUT2D eigenvalue weighted by atomic mass is 10.0. The maximum absolute atomic E-state index is 11.2. The minimum absolute atomic E-state index is 0.221. The second-order valence-corrected chi connectivity index (χ2v) is 5.77. The first-order valence-corrected chi connectivity index (χ1v) is 5.80. The van der Waals surface area contributed by atoms with Gasteiger partial charge in [-0.15, -0.1) is 0 Å². The molecule has 1 aliphatic heterocycles. The quantitative estimate of drug-likeness (QED) is 0.568. The van der Waals surface area contributed by atoms with Crippen LogP contribution in [0.3, 0.4) is 0 Å². The molecule has 0 saturated carbocycles. The van der Waals surface area contributed by atoms with Gasteiger partial charge in [0.15, 0.2) is 0 Å². The van der Waals surface area contributed by atoms with Crippen molar-refractivity contribution in [1.29, 1.82) is 0 Å². The van der Waals surface area contributed by atoms with Crippen LogP contribution in [0.15, 0.2) is 0 Å². The van der Waals surface area contributed by atoms with Crippen LogP contribution in [-0.2, 0) is 10.0 Å². The molecule has 1 saturated heterocycles. The Hall–Kier alpha value is -0.130. The van der Waals surface area contributed by atoms with Crippen molar-refractivity contribution in [3.05, 3.63) is 0 Å². The van der Waals surface area contributed by atoms with Crippen molar-refractivity contribution in [1.82, 2.24) is 9.62 Å². The van der Waals surface area contributed by atoms with Gasteiger partial charge in [0.2, 0.25) is 10.0 Å². The monoisotopic (exact) mass is 191 g/mol. The van der Waals surface area contributed by atoms with Crippen LogP contribution in [0, 0.1) is 0 Å². The average Bonchev–Trinajstić information content (AvgIpc) is 1.83. The molecule has 0 aliphatic carbocycles. The largest absolute Gasteiger partial charge is 0.233 e. The molecule has 0 aromatic carbocycles. The summed E-state index contributed by atoms with van der Waals surface area (Å²) in [5.74, 6) is 0. The fourth-order valence-corrected chi connectivity index (χ4v) is 2.27. The fraction of sp³-hybridized carbons (Fsp3) is 1.00. The predicted octanol–water partition coefficient (Wildman–Crippen LogP) is -0.355. The van der Waals surface area contributed by atoms with Crippen LogP contribution >= 0.6 is 0 Å². The van der Waals surface area contributed by atoms with E-state index in [1.165, 1.54) is 10.6 Å². The number of nitrogens with zero attached hydrogens (tertiary/aromatic N) is 2. The van der Waals surface area contributed by atoms with Crippen LogP contribution in [0.2, 0.25) is 0 Å². The van der Waals surface area contributed by atoms with Crippen molar-refractivity contribution in [2.75, 3.05) is 25.9 Å². The van der Waals surface area contributed by atoms with Crippen molar-refractivity contribution in [3.63, 3.8) is 0 Å². The summed E-state index contributed by atoms with van der Waals surface area (Å²) < 4.78 is 23.8. The van der Waals surface area contributed by atoms with Crippen LogP contribution < -0.4 is 5.32 Å². The number of sulfonamides is 1. The standard InChI is InChI=1S/C7H15N2O2S/c1-7(2)6-9(5-4-8-7)12(3,10)11/h4-6H2,1-3H3. The predicted molar refractivity (Wildman–Crippen MR) is 47.5 cm³/mol. The van der Waals surface area contributed by atoms with Crippen molar-refractivity contribution in [3.8, 4) is 0 Å². The molecule has 1 rings (SSSR count). The van der Waals surface area contributed by atoms with E-state index >= 15 is 0 Å². The molecule has 5 heteroatoms. The maximum atomic E-state index is 11.2. The van der Waals surface area contributed by atoms with E-state index in [4.69, 9.17) is 0 Å². The third-order valence-electron chi connectivity index (χ3n) is 1.92. The number of rotatable bonds is 1. The van der Waals surface area contributed by atoms with Crippen LogP contribution in [0.4, 0.5) is 0 Å². The van der Waals surface area contributed by atoms with Gasteiger partial charge < -0.3 is 0 Å². The highest BCUT2D eigenvalue weighted by Gasteiger charge is 2.31. The Morgan fingerprint density at radius 3 is 2.33 bits per heavy atom. The Morgan fingerprint density at radius 2 is 2.00 bits per heavy atom. The lowest BCUT2D eigenvalue weighted by Crippen LogP contribution is -2.54. The first-order valence-electron chi connectivity index (χ1n) is 3.95. The molecule has 1 aliphatic rings. The molecule has 1 radical (unpaired) electrons. The van der Waals surface area contributed by atoms with Gasteiger partial charge >= 0.3 is 0 Å². The molecule has 1 heterocycles. The molecule has 0 aromatic heterocycles. The lowest BCUT2D eigenvalue weighted by Gasteiger charge is -2.36. The van der Waals surface area contributed by atoms with Crippen LogP contribution in [0.25, 0.3) is 0 Å². The van der Waals surface area contributed by atoms with Gasteiger partial charge in [-0.1, -0.05) is 0 Å². The summed E-state index contributed by atoms with van der Waals surface area (Å²) >= 11 is 0. The normalized spacial score (nSPS) is 25.6. The van der Waals surface area contributed by atoms with E-state index in [0.717, 1.165) is 0 Å². The molecule has 0 atom stereocenters. The number of hydrogen-bond donors (Lipinski definition) is 0. The smallest absolute Gasteiger partial charge is 0.211 e. The van der Waals surface area contributed by atoms with Crippen LogP contribution in [-0.4, -0.2) is 44.2 Å². The third kappa shape index (κ3) is 2.43. The molecule has 0 unspecified atom stereocenters. The summed E-state index contributed by atoms with van der Waals surface area (Å²) in [5, 5.41) is 4.32. The Morgan fingerprint density at radius 1 is 1.42 bits per heavy atom. The summed E-state index contributed by atoms with van der Waals surface area (Å²) in [6.45, 7) is 5.54. The summed E-state index contributed by atoms with van der Waals surface area (Å²) in [7, 11) is -3.02. The van der Waals surface area contributed by atoms with Crippen molar-refractivity contribution >= 4 is 10.0 Å². The minimum atomic E-state index is -3.02. The van der Waals surface area contributed by atoms with E-state index in [0.29, 0.717) is 19.6 Å². The van der Waals surface area contributed by atoms with E-state index in [9.17, 15) is 8.42 Å². The van der Waals surface area contributed by atoms with E-state index in [2.05, 4.69) is 5.32 Å². The number of piperazine rings is 1. The van der Waals surface area contributed by atoms with Gasteiger partial charge in [0.25, 0.3) is 0 Å². The summed E-state index contributed by atoms with van der Waals surface area (Å²) in [6.07, 6.45) is 1.24.